The lowest BCUT2D eigenvalue weighted by molar-refractivity contribution is 0.0887. The summed E-state index contributed by atoms with van der Waals surface area (Å²) in [6, 6.07) is 17.2. The molecule has 11 heteroatoms. The molecule has 2 fully saturated rings. The van der Waals surface area contributed by atoms with Crippen molar-refractivity contribution in [3.63, 3.8) is 0 Å². The van der Waals surface area contributed by atoms with E-state index in [1.807, 2.05) is 24.4 Å². The average Bonchev–Trinajstić information content (AvgIpc) is 3.56. The van der Waals surface area contributed by atoms with Crippen LogP contribution in [0, 0.1) is 5.82 Å². The molecule has 4 heterocycles. The van der Waals surface area contributed by atoms with Crippen molar-refractivity contribution in [2.24, 2.45) is 0 Å². The van der Waals surface area contributed by atoms with Crippen LogP contribution in [0.5, 0.6) is 11.6 Å². The highest BCUT2D eigenvalue weighted by atomic mass is 19.1. The fraction of sp³-hybridized carbons (Fsp3) is 0.405. The van der Waals surface area contributed by atoms with Gasteiger partial charge in [0.2, 0.25) is 5.88 Å². The maximum atomic E-state index is 14.3. The van der Waals surface area contributed by atoms with E-state index in [0.29, 0.717) is 24.3 Å². The van der Waals surface area contributed by atoms with Gasteiger partial charge in [0.05, 0.1) is 6.20 Å². The predicted octanol–water partition coefficient (Wildman–Crippen LogP) is 5.09. The molecule has 10 nitrogen and oxygen atoms in total. The fourth-order valence-corrected chi connectivity index (χ4v) is 6.88. The first-order valence-electron chi connectivity index (χ1n) is 17.1. The molecular weight excluding hydrogens is 609 g/mol. The van der Waals surface area contributed by atoms with Crippen molar-refractivity contribution in [2.45, 2.75) is 70.1 Å². The molecule has 3 aliphatic rings. The zero-order valence-electron chi connectivity index (χ0n) is 27.1. The number of piperazine rings is 1. The Morgan fingerprint density at radius 3 is 2.40 bits per heavy atom. The van der Waals surface area contributed by atoms with Crippen LogP contribution in [0.15, 0.2) is 67.0 Å². The third-order valence-electron chi connectivity index (χ3n) is 9.55. The minimum absolute atomic E-state index is 0.00908. The standard InChI is InChI=1S/C37H42FN7O3/c38-28-21-32(35(46)41-29-11-13-30(14-12-29)42-36(47)33-24-45-17-2-1-6-34(45)43-33)37(40-22-28)48-31-5-3-4-27(20-31)26-9-7-25(8-10-26)23-44-18-15-39-16-19-44/h3-5,7-10,20-22,24,29-30,39H,1-2,6,11-19,23H2,(H,41,46)(H,42,47)/t29-,30+. The van der Waals surface area contributed by atoms with Gasteiger partial charge in [-0.1, -0.05) is 36.4 Å². The summed E-state index contributed by atoms with van der Waals surface area (Å²) in [6.45, 7) is 5.98. The first kappa shape index (κ1) is 32.0. The summed E-state index contributed by atoms with van der Waals surface area (Å²) in [6.07, 6.45) is 8.84. The van der Waals surface area contributed by atoms with Gasteiger partial charge in [0.1, 0.15) is 28.6 Å². The number of benzene rings is 2. The monoisotopic (exact) mass is 651 g/mol. The third kappa shape index (κ3) is 7.74. The van der Waals surface area contributed by atoms with Crippen molar-refractivity contribution in [1.29, 1.82) is 0 Å². The van der Waals surface area contributed by atoms with E-state index in [1.165, 1.54) is 5.56 Å². The number of carbonyl (C=O) groups excluding carboxylic acids is 2. The van der Waals surface area contributed by atoms with Gasteiger partial charge in [-0.15, -0.1) is 0 Å². The topological polar surface area (TPSA) is 113 Å². The summed E-state index contributed by atoms with van der Waals surface area (Å²) in [7, 11) is 0. The number of ether oxygens (including phenoxy) is 1. The Hall–Kier alpha value is -4.61. The Balaban J connectivity index is 0.948. The number of aryl methyl sites for hydroxylation is 2. The Morgan fingerprint density at radius 2 is 1.65 bits per heavy atom. The van der Waals surface area contributed by atoms with E-state index < -0.39 is 11.7 Å². The molecule has 2 aromatic carbocycles. The van der Waals surface area contributed by atoms with Crippen LogP contribution in [0.4, 0.5) is 4.39 Å². The molecule has 0 unspecified atom stereocenters. The molecule has 0 spiro atoms. The lowest BCUT2D eigenvalue weighted by Crippen LogP contribution is -2.44. The first-order chi connectivity index (χ1) is 23.5. The number of aromatic nitrogens is 3. The smallest absolute Gasteiger partial charge is 0.271 e. The highest BCUT2D eigenvalue weighted by molar-refractivity contribution is 5.96. The van der Waals surface area contributed by atoms with Gasteiger partial charge in [0, 0.05) is 64.0 Å². The number of hydrogen-bond acceptors (Lipinski definition) is 7. The number of carbonyl (C=O) groups is 2. The molecule has 1 aliphatic carbocycles. The number of hydrogen-bond donors (Lipinski definition) is 3. The lowest BCUT2D eigenvalue weighted by Gasteiger charge is -2.29. The van der Waals surface area contributed by atoms with Crippen molar-refractivity contribution in [3.05, 3.63) is 95.5 Å². The van der Waals surface area contributed by atoms with Gasteiger partial charge >= 0.3 is 0 Å². The van der Waals surface area contributed by atoms with Crippen LogP contribution in [0.2, 0.25) is 0 Å². The lowest BCUT2D eigenvalue weighted by atomic mass is 9.91. The molecule has 4 aromatic rings. The Bertz CT molecular complexity index is 1720. The highest BCUT2D eigenvalue weighted by Crippen LogP contribution is 2.29. The van der Waals surface area contributed by atoms with Crippen LogP contribution >= 0.6 is 0 Å². The molecule has 250 valence electrons. The summed E-state index contributed by atoms with van der Waals surface area (Å²) in [4.78, 5) is 37.4. The zero-order valence-corrected chi connectivity index (χ0v) is 27.1. The molecule has 2 aliphatic heterocycles. The quantitative estimate of drug-likeness (QED) is 0.231. The second-order valence-corrected chi connectivity index (χ2v) is 13.0. The van der Waals surface area contributed by atoms with E-state index in [-0.39, 0.29) is 29.4 Å². The minimum Gasteiger partial charge on any atom is -0.438 e. The van der Waals surface area contributed by atoms with E-state index in [9.17, 15) is 14.0 Å². The van der Waals surface area contributed by atoms with Crippen molar-refractivity contribution in [2.75, 3.05) is 26.2 Å². The van der Waals surface area contributed by atoms with Gasteiger partial charge in [0.15, 0.2) is 0 Å². The van der Waals surface area contributed by atoms with Crippen LogP contribution < -0.4 is 20.7 Å². The van der Waals surface area contributed by atoms with Gasteiger partial charge in [0.25, 0.3) is 11.8 Å². The van der Waals surface area contributed by atoms with Gasteiger partial charge in [-0.3, -0.25) is 14.5 Å². The van der Waals surface area contributed by atoms with E-state index in [2.05, 4.69) is 59.7 Å². The molecule has 0 bridgehead atoms. The maximum Gasteiger partial charge on any atom is 0.271 e. The number of amides is 2. The van der Waals surface area contributed by atoms with Crippen LogP contribution in [-0.2, 0) is 19.5 Å². The second kappa shape index (κ2) is 14.7. The summed E-state index contributed by atoms with van der Waals surface area (Å²) < 4.78 is 22.5. The zero-order chi connectivity index (χ0) is 32.9. The van der Waals surface area contributed by atoms with Gasteiger partial charge in [-0.05, 0) is 73.4 Å². The van der Waals surface area contributed by atoms with Gasteiger partial charge < -0.3 is 25.3 Å². The molecule has 1 saturated carbocycles. The van der Waals surface area contributed by atoms with Gasteiger partial charge in [-0.2, -0.15) is 0 Å². The SMILES string of the molecule is O=C(N[C@H]1CC[C@@H](NC(=O)c2cc(F)cnc2Oc2cccc(-c3ccc(CN4CCNCC4)cc3)c2)CC1)c1cn2c(n1)CCCC2. The molecule has 48 heavy (non-hydrogen) atoms. The van der Waals surface area contributed by atoms with Crippen molar-refractivity contribution < 1.29 is 18.7 Å². The van der Waals surface area contributed by atoms with Crippen LogP contribution in [0.25, 0.3) is 11.1 Å². The summed E-state index contributed by atoms with van der Waals surface area (Å²) >= 11 is 0. The van der Waals surface area contributed by atoms with Crippen LogP contribution in [-0.4, -0.2) is 69.5 Å². The third-order valence-corrected chi connectivity index (χ3v) is 9.55. The Kier molecular flexibility index (Phi) is 9.76. The Morgan fingerprint density at radius 1 is 0.896 bits per heavy atom. The molecule has 2 amide bonds. The normalized spacial score (nSPS) is 19.7. The number of nitrogens with one attached hydrogen (secondary N) is 3. The molecule has 0 radical (unpaired) electrons. The van der Waals surface area contributed by atoms with Crippen molar-refractivity contribution in [3.8, 4) is 22.8 Å². The minimum atomic E-state index is -0.616. The fourth-order valence-electron chi connectivity index (χ4n) is 6.88. The number of pyridine rings is 1. The Labute approximate surface area is 280 Å². The first-order valence-corrected chi connectivity index (χ1v) is 17.1. The van der Waals surface area contributed by atoms with Crippen molar-refractivity contribution >= 4 is 11.8 Å². The summed E-state index contributed by atoms with van der Waals surface area (Å²) in [5.74, 6) is 0.316. The predicted molar refractivity (Wildman–Crippen MR) is 180 cm³/mol. The number of rotatable bonds is 9. The molecule has 7 rings (SSSR count). The van der Waals surface area contributed by atoms with Crippen LogP contribution in [0.3, 0.4) is 0 Å². The average molecular weight is 652 g/mol. The largest absolute Gasteiger partial charge is 0.438 e. The van der Waals surface area contributed by atoms with E-state index in [1.54, 1.807) is 6.07 Å². The summed E-state index contributed by atoms with van der Waals surface area (Å²) in [5, 5.41) is 9.54. The van der Waals surface area contributed by atoms with E-state index >= 15 is 0 Å². The molecule has 1 saturated heterocycles. The highest BCUT2D eigenvalue weighted by Gasteiger charge is 2.27. The van der Waals surface area contributed by atoms with E-state index in [0.717, 1.165) is 101 Å². The molecule has 0 atom stereocenters. The number of halogens is 1. The number of imidazole rings is 1. The van der Waals surface area contributed by atoms with Gasteiger partial charge in [-0.25, -0.2) is 14.4 Å². The van der Waals surface area contributed by atoms with Crippen molar-refractivity contribution in [1.82, 2.24) is 35.4 Å². The van der Waals surface area contributed by atoms with Crippen LogP contribution in [0.1, 0.15) is 70.8 Å². The number of nitrogens with zero attached hydrogens (tertiary/aromatic N) is 4. The number of fused-ring (bicyclic) bond motifs is 1. The summed E-state index contributed by atoms with van der Waals surface area (Å²) in [5.41, 5.74) is 3.79. The molecular formula is C37H42FN7O3. The maximum absolute atomic E-state index is 14.3. The van der Waals surface area contributed by atoms with E-state index in [4.69, 9.17) is 4.74 Å². The second-order valence-electron chi connectivity index (χ2n) is 13.0. The molecule has 3 N–H and O–H groups in total. The molecule has 2 aromatic heterocycles.